The maximum Gasteiger partial charge on any atom is 0.192 e. The number of fused-ring (bicyclic) bond motifs is 1. The summed E-state index contributed by atoms with van der Waals surface area (Å²) >= 11 is 0. The number of rotatable bonds is 4. The van der Waals surface area contributed by atoms with Crippen molar-refractivity contribution in [2.24, 2.45) is 0 Å². The number of hydrogen-bond acceptors (Lipinski definition) is 6. The summed E-state index contributed by atoms with van der Waals surface area (Å²) in [5, 5.41) is 10.2. The van der Waals surface area contributed by atoms with Crippen LogP contribution in [-0.4, -0.2) is 29.7 Å². The number of pyridine rings is 2. The highest BCUT2D eigenvalue weighted by Gasteiger charge is 2.24. The predicted molar refractivity (Wildman–Crippen MR) is 111 cm³/mol. The third-order valence-corrected chi connectivity index (χ3v) is 5.76. The fourth-order valence-corrected chi connectivity index (χ4v) is 3.81. The fraction of sp³-hybridized carbons (Fsp3) is 0.182. The number of aromatic nitrogens is 2. The van der Waals surface area contributed by atoms with E-state index in [0.29, 0.717) is 28.0 Å². The molecule has 0 spiro atoms. The second-order valence-corrected chi connectivity index (χ2v) is 9.53. The maximum absolute atomic E-state index is 15.2. The molecule has 4 aromatic rings. The van der Waals surface area contributed by atoms with Crippen molar-refractivity contribution in [2.75, 3.05) is 6.26 Å². The van der Waals surface area contributed by atoms with Crippen molar-refractivity contribution in [3.63, 3.8) is 0 Å². The smallest absolute Gasteiger partial charge is 0.192 e. The second-order valence-electron chi connectivity index (χ2n) is 7.57. The molecule has 0 unspecified atom stereocenters. The minimum absolute atomic E-state index is 0.0355. The Morgan fingerprint density at radius 2 is 1.83 bits per heavy atom. The highest BCUT2D eigenvalue weighted by atomic mass is 32.2. The molecule has 30 heavy (non-hydrogen) atoms. The molecule has 1 aromatic carbocycles. The van der Waals surface area contributed by atoms with Crippen LogP contribution in [0, 0.1) is 5.82 Å². The van der Waals surface area contributed by atoms with E-state index in [9.17, 15) is 13.5 Å². The standard InChI is InChI=1S/C22H19FN2O4S/c1-22(2,26)16-6-4-5-14(20(16)23)15-9-10-24-17-11-18(29-21(15)17)13-7-8-19(25-12-13)30(3,27)28/h4-12,26H,1-3H3. The zero-order valence-corrected chi connectivity index (χ0v) is 17.4. The Bertz CT molecular complexity index is 1350. The summed E-state index contributed by atoms with van der Waals surface area (Å²) in [6, 6.07) is 11.2. The lowest BCUT2D eigenvalue weighted by Gasteiger charge is -2.20. The molecule has 0 aliphatic heterocycles. The topological polar surface area (TPSA) is 93.3 Å². The monoisotopic (exact) mass is 426 g/mol. The summed E-state index contributed by atoms with van der Waals surface area (Å²) < 4.78 is 44.4. The van der Waals surface area contributed by atoms with Gasteiger partial charge in [-0.05, 0) is 32.0 Å². The van der Waals surface area contributed by atoms with Crippen LogP contribution in [0.15, 0.2) is 64.3 Å². The van der Waals surface area contributed by atoms with E-state index in [0.717, 1.165) is 6.26 Å². The average molecular weight is 426 g/mol. The number of halogens is 1. The molecule has 154 valence electrons. The Labute approximate surface area is 173 Å². The quantitative estimate of drug-likeness (QED) is 0.522. The first-order chi connectivity index (χ1) is 14.1. The van der Waals surface area contributed by atoms with Crippen LogP contribution in [0.4, 0.5) is 4.39 Å². The summed E-state index contributed by atoms with van der Waals surface area (Å²) in [6.45, 7) is 3.05. The highest BCUT2D eigenvalue weighted by molar-refractivity contribution is 7.90. The van der Waals surface area contributed by atoms with Gasteiger partial charge in [0.1, 0.15) is 17.1 Å². The summed E-state index contributed by atoms with van der Waals surface area (Å²) in [5.74, 6) is -0.105. The first kappa shape index (κ1) is 20.2. The van der Waals surface area contributed by atoms with E-state index in [1.54, 1.807) is 42.6 Å². The van der Waals surface area contributed by atoms with E-state index >= 15 is 4.39 Å². The maximum atomic E-state index is 15.2. The van der Waals surface area contributed by atoms with Gasteiger partial charge in [-0.15, -0.1) is 0 Å². The van der Waals surface area contributed by atoms with Gasteiger partial charge in [-0.25, -0.2) is 17.8 Å². The zero-order chi connectivity index (χ0) is 21.7. The largest absolute Gasteiger partial charge is 0.454 e. The van der Waals surface area contributed by atoms with E-state index < -0.39 is 21.3 Å². The summed E-state index contributed by atoms with van der Waals surface area (Å²) in [7, 11) is -3.41. The van der Waals surface area contributed by atoms with Crippen LogP contribution in [0.25, 0.3) is 33.6 Å². The molecule has 0 radical (unpaired) electrons. The van der Waals surface area contributed by atoms with Gasteiger partial charge < -0.3 is 9.52 Å². The molecule has 8 heteroatoms. The van der Waals surface area contributed by atoms with Gasteiger partial charge >= 0.3 is 0 Å². The Hall–Kier alpha value is -3.10. The number of furan rings is 1. The Balaban J connectivity index is 1.85. The van der Waals surface area contributed by atoms with Crippen molar-refractivity contribution in [3.05, 3.63) is 66.2 Å². The molecule has 0 saturated heterocycles. The molecule has 0 aliphatic carbocycles. The van der Waals surface area contributed by atoms with Gasteiger partial charge in [-0.1, -0.05) is 18.2 Å². The Morgan fingerprint density at radius 1 is 1.07 bits per heavy atom. The van der Waals surface area contributed by atoms with Crippen molar-refractivity contribution in [2.45, 2.75) is 24.5 Å². The highest BCUT2D eigenvalue weighted by Crippen LogP contribution is 2.36. The number of hydrogen-bond donors (Lipinski definition) is 1. The lowest BCUT2D eigenvalue weighted by molar-refractivity contribution is 0.0746. The second kappa shape index (κ2) is 7.00. The van der Waals surface area contributed by atoms with Gasteiger partial charge in [0.25, 0.3) is 0 Å². The van der Waals surface area contributed by atoms with Gasteiger partial charge in [0.05, 0.1) is 5.60 Å². The molecule has 0 aliphatic rings. The molecule has 4 rings (SSSR count). The zero-order valence-electron chi connectivity index (χ0n) is 16.5. The Morgan fingerprint density at radius 3 is 2.47 bits per heavy atom. The van der Waals surface area contributed by atoms with Crippen molar-refractivity contribution in [1.82, 2.24) is 9.97 Å². The van der Waals surface area contributed by atoms with Crippen molar-refractivity contribution >= 4 is 20.9 Å². The number of benzene rings is 1. The van der Waals surface area contributed by atoms with Gasteiger partial charge in [0.2, 0.25) is 0 Å². The minimum Gasteiger partial charge on any atom is -0.454 e. The third kappa shape index (κ3) is 3.59. The minimum atomic E-state index is -3.41. The van der Waals surface area contributed by atoms with Crippen molar-refractivity contribution in [3.8, 4) is 22.5 Å². The van der Waals surface area contributed by atoms with Crippen LogP contribution in [0.3, 0.4) is 0 Å². The molecule has 0 fully saturated rings. The molecule has 0 saturated carbocycles. The van der Waals surface area contributed by atoms with E-state index in [1.165, 1.54) is 26.1 Å². The molecule has 0 bridgehead atoms. The van der Waals surface area contributed by atoms with Gasteiger partial charge in [-0.2, -0.15) is 0 Å². The summed E-state index contributed by atoms with van der Waals surface area (Å²) in [5.41, 5.74) is 1.08. The first-order valence-corrected chi connectivity index (χ1v) is 11.0. The number of sulfone groups is 1. The first-order valence-electron chi connectivity index (χ1n) is 9.12. The normalized spacial score (nSPS) is 12.4. The van der Waals surface area contributed by atoms with Crippen LogP contribution < -0.4 is 0 Å². The fourth-order valence-electron chi connectivity index (χ4n) is 3.25. The number of nitrogens with zero attached hydrogens (tertiary/aromatic N) is 2. The van der Waals surface area contributed by atoms with Crippen LogP contribution in [0.2, 0.25) is 0 Å². The van der Waals surface area contributed by atoms with E-state index in [4.69, 9.17) is 4.42 Å². The van der Waals surface area contributed by atoms with E-state index in [-0.39, 0.29) is 16.2 Å². The van der Waals surface area contributed by atoms with Crippen LogP contribution in [0.1, 0.15) is 19.4 Å². The summed E-state index contributed by atoms with van der Waals surface area (Å²) in [4.78, 5) is 8.26. The van der Waals surface area contributed by atoms with Gasteiger partial charge in [-0.3, -0.25) is 4.98 Å². The lowest BCUT2D eigenvalue weighted by atomic mass is 9.93. The van der Waals surface area contributed by atoms with E-state index in [1.807, 2.05) is 0 Å². The van der Waals surface area contributed by atoms with Crippen LogP contribution in [0.5, 0.6) is 0 Å². The Kier molecular flexibility index (Phi) is 4.71. The van der Waals surface area contributed by atoms with Crippen LogP contribution in [-0.2, 0) is 15.4 Å². The van der Waals surface area contributed by atoms with Gasteiger partial charge in [0, 0.05) is 47.0 Å². The molecule has 3 heterocycles. The third-order valence-electron chi connectivity index (χ3n) is 4.76. The van der Waals surface area contributed by atoms with Crippen LogP contribution >= 0.6 is 0 Å². The average Bonchev–Trinajstić information content (AvgIpc) is 3.11. The molecule has 1 N–H and O–H groups in total. The van der Waals surface area contributed by atoms with Crippen molar-refractivity contribution in [1.29, 1.82) is 0 Å². The molecular formula is C22H19FN2O4S. The molecule has 0 atom stereocenters. The molecule has 6 nitrogen and oxygen atoms in total. The number of aliphatic hydroxyl groups is 1. The SMILES string of the molecule is CC(C)(O)c1cccc(-c2ccnc3cc(-c4ccc(S(C)(=O)=O)nc4)oc23)c1F. The van der Waals surface area contributed by atoms with E-state index in [2.05, 4.69) is 9.97 Å². The molecule has 0 amide bonds. The lowest BCUT2D eigenvalue weighted by Crippen LogP contribution is -2.17. The predicted octanol–water partition coefficient (Wildman–Crippen LogP) is 4.33. The van der Waals surface area contributed by atoms with Gasteiger partial charge in [0.15, 0.2) is 20.4 Å². The summed E-state index contributed by atoms with van der Waals surface area (Å²) in [6.07, 6.45) is 4.05. The molecular weight excluding hydrogens is 407 g/mol. The van der Waals surface area contributed by atoms with Crippen molar-refractivity contribution < 1.29 is 22.3 Å². The molecule has 3 aromatic heterocycles.